The molecule has 2 aromatic carbocycles. The van der Waals surface area contributed by atoms with Gasteiger partial charge in [0.2, 0.25) is 5.91 Å². The lowest BCUT2D eigenvalue weighted by Gasteiger charge is -2.40. The molecule has 0 bridgehead atoms. The number of rotatable bonds is 7. The second kappa shape index (κ2) is 9.72. The summed E-state index contributed by atoms with van der Waals surface area (Å²) < 4.78 is 11.8. The number of nitrogens with zero attached hydrogens (tertiary/aromatic N) is 3. The fraction of sp³-hybridized carbons (Fsp3) is 0.304. The lowest BCUT2D eigenvalue weighted by atomic mass is 9.72. The molecule has 0 radical (unpaired) electrons. The molecule has 10 heteroatoms. The zero-order chi connectivity index (χ0) is 23.4. The number of hydrogen-bond acceptors (Lipinski definition) is 7. The van der Waals surface area contributed by atoms with Crippen molar-refractivity contribution in [2.24, 2.45) is 0 Å². The maximum Gasteiger partial charge on any atom is 0.341 e. The van der Waals surface area contributed by atoms with E-state index in [9.17, 15) is 14.7 Å². The Hall–Kier alpha value is -3.24. The van der Waals surface area contributed by atoms with Crippen LogP contribution in [0.3, 0.4) is 0 Å². The van der Waals surface area contributed by atoms with Crippen LogP contribution < -0.4 is 4.74 Å². The molecule has 1 aliphatic rings. The number of benzene rings is 2. The van der Waals surface area contributed by atoms with Crippen LogP contribution in [0.2, 0.25) is 0 Å². The van der Waals surface area contributed by atoms with Gasteiger partial charge in [-0.25, -0.2) is 4.79 Å². The van der Waals surface area contributed by atoms with Gasteiger partial charge in [0.05, 0.1) is 11.0 Å². The van der Waals surface area contributed by atoms with Gasteiger partial charge in [0.1, 0.15) is 12.4 Å². The normalized spacial score (nSPS) is 15.3. The Kier molecular flexibility index (Phi) is 6.75. The first-order valence-electron chi connectivity index (χ1n) is 10.4. The van der Waals surface area contributed by atoms with E-state index < -0.39 is 24.6 Å². The van der Waals surface area contributed by atoms with Crippen molar-refractivity contribution >= 4 is 27.8 Å². The number of aliphatic hydroxyl groups is 1. The van der Waals surface area contributed by atoms with Gasteiger partial charge in [0, 0.05) is 17.6 Å². The molecule has 0 unspecified atom stereocenters. The lowest BCUT2D eigenvalue weighted by Crippen LogP contribution is -2.47. The van der Waals surface area contributed by atoms with E-state index in [2.05, 4.69) is 21.1 Å². The smallest absolute Gasteiger partial charge is 0.341 e. The van der Waals surface area contributed by atoms with Gasteiger partial charge in [-0.2, -0.15) is 4.98 Å². The number of hydrogen-bond donors (Lipinski definition) is 2. The summed E-state index contributed by atoms with van der Waals surface area (Å²) in [6.45, 7) is -0.130. The summed E-state index contributed by atoms with van der Waals surface area (Å²) in [6, 6.07) is 14.9. The number of piperidine rings is 1. The quantitative estimate of drug-likeness (QED) is 0.491. The molecule has 1 aliphatic heterocycles. The van der Waals surface area contributed by atoms with Crippen LogP contribution in [-0.4, -0.2) is 63.4 Å². The zero-order valence-electron chi connectivity index (χ0n) is 17.6. The van der Waals surface area contributed by atoms with E-state index in [1.165, 1.54) is 0 Å². The standard InChI is InChI=1S/C23H22BrN3O6/c24-16-6-7-18(32-14-20(30)31)17(12-16)21-25-22(26-33-21)23(15-4-2-1-3-5-15)8-10-27(11-9-23)19(29)13-28/h1-7,12,28H,8-11,13-14H2,(H,30,31). The minimum Gasteiger partial charge on any atom is -0.481 e. The summed E-state index contributed by atoms with van der Waals surface area (Å²) in [4.78, 5) is 29.3. The number of aliphatic carboxylic acids is 1. The van der Waals surface area contributed by atoms with Crippen LogP contribution in [-0.2, 0) is 15.0 Å². The highest BCUT2D eigenvalue weighted by Crippen LogP contribution is 2.42. The van der Waals surface area contributed by atoms with Crippen LogP contribution in [0.15, 0.2) is 57.5 Å². The highest BCUT2D eigenvalue weighted by molar-refractivity contribution is 9.10. The van der Waals surface area contributed by atoms with Crippen LogP contribution in [0.1, 0.15) is 24.2 Å². The summed E-state index contributed by atoms with van der Waals surface area (Å²) in [5, 5.41) is 22.5. The summed E-state index contributed by atoms with van der Waals surface area (Å²) in [5.41, 5.74) is 0.897. The Bertz CT molecular complexity index is 1140. The molecular weight excluding hydrogens is 494 g/mol. The Morgan fingerprint density at radius 1 is 1.15 bits per heavy atom. The topological polar surface area (TPSA) is 126 Å². The van der Waals surface area contributed by atoms with Crippen LogP contribution >= 0.6 is 15.9 Å². The largest absolute Gasteiger partial charge is 0.481 e. The fourth-order valence-corrected chi connectivity index (χ4v) is 4.46. The van der Waals surface area contributed by atoms with Gasteiger partial charge in [-0.15, -0.1) is 0 Å². The van der Waals surface area contributed by atoms with Gasteiger partial charge < -0.3 is 24.4 Å². The molecule has 9 nitrogen and oxygen atoms in total. The van der Waals surface area contributed by atoms with Crippen molar-refractivity contribution in [3.05, 3.63) is 64.4 Å². The van der Waals surface area contributed by atoms with Crippen LogP contribution in [0.25, 0.3) is 11.5 Å². The molecule has 172 valence electrons. The van der Waals surface area contributed by atoms with Crippen LogP contribution in [0, 0.1) is 0 Å². The molecule has 1 saturated heterocycles. The van der Waals surface area contributed by atoms with Gasteiger partial charge in [0.15, 0.2) is 12.4 Å². The van der Waals surface area contributed by atoms with Gasteiger partial charge in [-0.1, -0.05) is 51.4 Å². The van der Waals surface area contributed by atoms with Gasteiger partial charge in [-0.3, -0.25) is 4.79 Å². The van der Waals surface area contributed by atoms with E-state index in [0.29, 0.717) is 43.1 Å². The first-order valence-corrected chi connectivity index (χ1v) is 11.1. The molecule has 0 atom stereocenters. The average molecular weight is 516 g/mol. The van der Waals surface area contributed by atoms with Gasteiger partial charge in [-0.05, 0) is 36.6 Å². The van der Waals surface area contributed by atoms with Crippen LogP contribution in [0.4, 0.5) is 0 Å². The SMILES string of the molecule is O=C(O)COc1ccc(Br)cc1-c1nc(C2(c3ccccc3)CCN(C(=O)CO)CC2)no1. The van der Waals surface area contributed by atoms with Crippen molar-refractivity contribution in [1.82, 2.24) is 15.0 Å². The lowest BCUT2D eigenvalue weighted by molar-refractivity contribution is -0.139. The molecule has 4 rings (SSSR count). The number of halogens is 1. The maximum absolute atomic E-state index is 12.0. The molecule has 33 heavy (non-hydrogen) atoms. The third-order valence-corrected chi connectivity index (χ3v) is 6.30. The monoisotopic (exact) mass is 515 g/mol. The van der Waals surface area contributed by atoms with Gasteiger partial charge >= 0.3 is 5.97 Å². The molecule has 1 amide bonds. The Labute approximate surface area is 198 Å². The fourth-order valence-electron chi connectivity index (χ4n) is 4.10. The number of carboxylic acids is 1. The number of ether oxygens (including phenoxy) is 1. The van der Waals surface area contributed by atoms with Crippen molar-refractivity contribution in [2.75, 3.05) is 26.3 Å². The maximum atomic E-state index is 12.0. The number of carbonyl (C=O) groups excluding carboxylic acids is 1. The van der Waals surface area contributed by atoms with Gasteiger partial charge in [0.25, 0.3) is 5.89 Å². The first kappa shape index (κ1) is 22.9. The number of aromatic nitrogens is 2. The van der Waals surface area contributed by atoms with Crippen molar-refractivity contribution in [3.8, 4) is 17.2 Å². The number of amides is 1. The molecule has 1 aromatic heterocycles. The summed E-state index contributed by atoms with van der Waals surface area (Å²) in [5.74, 6) is -0.408. The first-order chi connectivity index (χ1) is 15.9. The predicted molar refractivity (Wildman–Crippen MR) is 121 cm³/mol. The summed E-state index contributed by atoms with van der Waals surface area (Å²) in [6.07, 6.45) is 1.12. The second-order valence-corrected chi connectivity index (χ2v) is 8.65. The van der Waals surface area contributed by atoms with E-state index in [-0.39, 0.29) is 11.8 Å². The molecule has 1 fully saturated rings. The zero-order valence-corrected chi connectivity index (χ0v) is 19.2. The molecule has 2 heterocycles. The molecule has 0 spiro atoms. The van der Waals surface area contributed by atoms with E-state index in [1.54, 1.807) is 23.1 Å². The number of likely N-dealkylation sites (tertiary alicyclic amines) is 1. The predicted octanol–water partition coefficient (Wildman–Crippen LogP) is 2.86. The molecular formula is C23H22BrN3O6. The van der Waals surface area contributed by atoms with Crippen molar-refractivity contribution in [1.29, 1.82) is 0 Å². The second-order valence-electron chi connectivity index (χ2n) is 7.73. The van der Waals surface area contributed by atoms with E-state index in [0.717, 1.165) is 10.0 Å². The molecule has 3 aromatic rings. The number of carboxylic acid groups (broad SMARTS) is 1. The Morgan fingerprint density at radius 3 is 2.55 bits per heavy atom. The Morgan fingerprint density at radius 2 is 1.88 bits per heavy atom. The molecule has 0 saturated carbocycles. The molecule has 0 aliphatic carbocycles. The summed E-state index contributed by atoms with van der Waals surface area (Å²) >= 11 is 3.41. The third-order valence-electron chi connectivity index (χ3n) is 5.81. The minimum absolute atomic E-state index is 0.204. The number of carbonyl (C=O) groups is 2. The van der Waals surface area contributed by atoms with E-state index in [1.807, 2.05) is 30.3 Å². The Balaban J connectivity index is 1.71. The highest BCUT2D eigenvalue weighted by Gasteiger charge is 2.42. The van der Waals surface area contributed by atoms with Crippen molar-refractivity contribution in [3.63, 3.8) is 0 Å². The van der Waals surface area contributed by atoms with Crippen molar-refractivity contribution in [2.45, 2.75) is 18.3 Å². The van der Waals surface area contributed by atoms with Crippen molar-refractivity contribution < 1.29 is 29.1 Å². The van der Waals surface area contributed by atoms with Crippen LogP contribution in [0.5, 0.6) is 5.75 Å². The highest BCUT2D eigenvalue weighted by atomic mass is 79.9. The average Bonchev–Trinajstić information content (AvgIpc) is 3.34. The summed E-state index contributed by atoms with van der Waals surface area (Å²) in [7, 11) is 0. The van der Waals surface area contributed by atoms with E-state index >= 15 is 0 Å². The molecule has 2 N–H and O–H groups in total. The third kappa shape index (κ3) is 4.76. The number of aliphatic hydroxyl groups excluding tert-OH is 1. The van der Waals surface area contributed by atoms with E-state index in [4.69, 9.17) is 19.4 Å². The minimum atomic E-state index is -1.10.